The molecule has 0 saturated heterocycles. The molecule has 11 heteroatoms. The van der Waals surface area contributed by atoms with Gasteiger partial charge in [0.05, 0.1) is 18.7 Å². The number of nitrogens with zero attached hydrogens (tertiary/aromatic N) is 7. The molecule has 0 fully saturated rings. The summed E-state index contributed by atoms with van der Waals surface area (Å²) in [6.45, 7) is 4.69. The van der Waals surface area contributed by atoms with Gasteiger partial charge in [-0.15, -0.1) is 20.4 Å². The van der Waals surface area contributed by atoms with E-state index in [1.165, 1.54) is 6.92 Å². The van der Waals surface area contributed by atoms with Crippen LogP contribution in [0, 0.1) is 0 Å². The maximum absolute atomic E-state index is 11.7. The zero-order valence-corrected chi connectivity index (χ0v) is 18.6. The molecule has 2 heterocycles. The normalized spacial score (nSPS) is 11.1. The van der Waals surface area contributed by atoms with Crippen LogP contribution >= 0.6 is 0 Å². The van der Waals surface area contributed by atoms with Gasteiger partial charge in [0, 0.05) is 18.4 Å². The average molecular weight is 443 g/mol. The Morgan fingerprint density at radius 3 is 2.69 bits per heavy atom. The monoisotopic (exact) mass is 442 g/mol. The number of tetrazole rings is 2. The van der Waals surface area contributed by atoms with Crippen LogP contribution in [-0.2, 0) is 25.8 Å². The average Bonchev–Trinajstić information content (AvgIpc) is 3.45. The number of ketones is 1. The van der Waals surface area contributed by atoms with E-state index in [9.17, 15) is 9.90 Å². The van der Waals surface area contributed by atoms with E-state index in [1.807, 2.05) is 6.92 Å². The minimum atomic E-state index is -0.149. The highest BCUT2D eigenvalue weighted by Gasteiger charge is 2.15. The number of H-pyrrole nitrogens is 1. The molecule has 0 unspecified atom stereocenters. The molecule has 11 nitrogen and oxygen atoms in total. The van der Waals surface area contributed by atoms with Gasteiger partial charge in [-0.05, 0) is 56.4 Å². The molecule has 0 radical (unpaired) electrons. The van der Waals surface area contributed by atoms with Crippen molar-refractivity contribution in [3.8, 4) is 11.5 Å². The lowest BCUT2D eigenvalue weighted by molar-refractivity contribution is 0.101. The molecule has 172 valence electrons. The fraction of sp³-hybridized carbons (Fsp3) is 0.571. The highest BCUT2D eigenvalue weighted by molar-refractivity contribution is 5.97. The number of unbranched alkanes of at least 4 members (excludes halogenated alkanes) is 2. The summed E-state index contributed by atoms with van der Waals surface area (Å²) >= 11 is 0. The van der Waals surface area contributed by atoms with Crippen molar-refractivity contribution in [3.63, 3.8) is 0 Å². The minimum Gasteiger partial charge on any atom is -0.507 e. The summed E-state index contributed by atoms with van der Waals surface area (Å²) in [5, 5.41) is 36.8. The number of hydrogen-bond acceptors (Lipinski definition) is 9. The third-order valence-corrected chi connectivity index (χ3v) is 5.06. The van der Waals surface area contributed by atoms with Gasteiger partial charge >= 0.3 is 0 Å². The Balaban J connectivity index is 1.36. The second-order valence-corrected chi connectivity index (χ2v) is 7.64. The number of phenols is 1. The van der Waals surface area contributed by atoms with Gasteiger partial charge in [0.15, 0.2) is 17.4 Å². The van der Waals surface area contributed by atoms with Crippen LogP contribution in [0.2, 0.25) is 0 Å². The number of phenolic OH excluding ortho intramolecular Hbond substituents is 1. The molecule has 0 aliphatic rings. The van der Waals surface area contributed by atoms with E-state index in [1.54, 1.807) is 16.9 Å². The predicted molar refractivity (Wildman–Crippen MR) is 115 cm³/mol. The third kappa shape index (κ3) is 6.56. The van der Waals surface area contributed by atoms with E-state index in [-0.39, 0.29) is 11.5 Å². The number of carbonyl (C=O) groups is 1. The second kappa shape index (κ2) is 11.9. The number of aromatic hydroxyl groups is 1. The summed E-state index contributed by atoms with van der Waals surface area (Å²) in [5.41, 5.74) is 1.05. The smallest absolute Gasteiger partial charge is 0.174 e. The third-order valence-electron chi connectivity index (χ3n) is 5.06. The molecular formula is C21H30N8O3. The van der Waals surface area contributed by atoms with Crippen LogP contribution in [0.5, 0.6) is 11.5 Å². The van der Waals surface area contributed by atoms with Crippen LogP contribution < -0.4 is 4.74 Å². The molecule has 3 aromatic rings. The highest BCUT2D eigenvalue weighted by atomic mass is 16.5. The van der Waals surface area contributed by atoms with Gasteiger partial charge in [-0.3, -0.25) is 4.79 Å². The molecule has 32 heavy (non-hydrogen) atoms. The summed E-state index contributed by atoms with van der Waals surface area (Å²) in [6, 6.07) is 3.41. The SMILES string of the molecule is CCCc1c(OCCCCCc2nnn(CCCc3nn[nH]n3)n2)ccc(C(C)=O)c1O. The van der Waals surface area contributed by atoms with Gasteiger partial charge in [-0.25, -0.2) is 0 Å². The van der Waals surface area contributed by atoms with E-state index < -0.39 is 0 Å². The van der Waals surface area contributed by atoms with Crippen molar-refractivity contribution in [2.75, 3.05) is 6.61 Å². The number of nitrogens with one attached hydrogen (secondary N) is 1. The van der Waals surface area contributed by atoms with Crippen molar-refractivity contribution in [3.05, 3.63) is 34.9 Å². The van der Waals surface area contributed by atoms with Crippen LogP contribution in [0.1, 0.15) is 73.5 Å². The maximum Gasteiger partial charge on any atom is 0.174 e. The Bertz CT molecular complexity index is 987. The molecule has 0 saturated carbocycles. The van der Waals surface area contributed by atoms with Gasteiger partial charge in [-0.2, -0.15) is 10.0 Å². The summed E-state index contributed by atoms with van der Waals surface area (Å²) in [7, 11) is 0. The fourth-order valence-corrected chi connectivity index (χ4v) is 3.41. The quantitative estimate of drug-likeness (QED) is 0.284. The first-order chi connectivity index (χ1) is 15.6. The number of benzene rings is 1. The van der Waals surface area contributed by atoms with Crippen molar-refractivity contribution in [2.45, 2.75) is 71.8 Å². The summed E-state index contributed by atoms with van der Waals surface area (Å²) in [5.74, 6) is 1.96. The number of aryl methyl sites for hydroxylation is 3. The van der Waals surface area contributed by atoms with Crippen LogP contribution in [0.15, 0.2) is 12.1 Å². The van der Waals surface area contributed by atoms with Crippen LogP contribution in [0.25, 0.3) is 0 Å². The standard InChI is InChI=1S/C21H30N8O3/c1-3-8-17-18(12-11-16(15(2)30)21(17)31)32-14-6-4-5-9-20-24-28-29(25-20)13-7-10-19-22-26-27-23-19/h11-12,31H,3-10,13-14H2,1-2H3,(H,22,23,26,27). The van der Waals surface area contributed by atoms with E-state index >= 15 is 0 Å². The van der Waals surface area contributed by atoms with Crippen molar-refractivity contribution < 1.29 is 14.6 Å². The Morgan fingerprint density at radius 2 is 1.94 bits per heavy atom. The topological polar surface area (TPSA) is 145 Å². The highest BCUT2D eigenvalue weighted by Crippen LogP contribution is 2.33. The molecular weight excluding hydrogens is 412 g/mol. The number of hydrogen-bond donors (Lipinski definition) is 2. The number of aromatic amines is 1. The molecule has 2 aromatic heterocycles. The van der Waals surface area contributed by atoms with E-state index in [4.69, 9.17) is 4.74 Å². The van der Waals surface area contributed by atoms with Crippen molar-refractivity contribution in [2.24, 2.45) is 0 Å². The van der Waals surface area contributed by atoms with Crippen LogP contribution in [0.3, 0.4) is 0 Å². The lowest BCUT2D eigenvalue weighted by Gasteiger charge is -2.14. The Morgan fingerprint density at radius 1 is 1.09 bits per heavy atom. The zero-order valence-electron chi connectivity index (χ0n) is 18.6. The maximum atomic E-state index is 11.7. The number of ether oxygens (including phenoxy) is 1. The minimum absolute atomic E-state index is 0.0447. The first-order valence-electron chi connectivity index (χ1n) is 11.1. The van der Waals surface area contributed by atoms with Gasteiger partial charge < -0.3 is 9.84 Å². The molecule has 0 bridgehead atoms. The molecule has 0 aliphatic heterocycles. The molecule has 3 rings (SSSR count). The number of carbonyl (C=O) groups excluding carboxylic acids is 1. The van der Waals surface area contributed by atoms with Crippen LogP contribution in [0.4, 0.5) is 0 Å². The first-order valence-corrected chi connectivity index (χ1v) is 11.1. The fourth-order valence-electron chi connectivity index (χ4n) is 3.41. The summed E-state index contributed by atoms with van der Waals surface area (Å²) in [4.78, 5) is 13.3. The first kappa shape index (κ1) is 23.3. The number of Topliss-reactive ketones (excluding diaryl/α,β-unsaturated/α-hetero) is 1. The summed E-state index contributed by atoms with van der Waals surface area (Å²) < 4.78 is 5.90. The van der Waals surface area contributed by atoms with E-state index in [0.29, 0.717) is 48.7 Å². The van der Waals surface area contributed by atoms with Crippen molar-refractivity contribution in [1.82, 2.24) is 40.8 Å². The van der Waals surface area contributed by atoms with E-state index in [2.05, 4.69) is 36.0 Å². The molecule has 2 N–H and O–H groups in total. The van der Waals surface area contributed by atoms with Gasteiger partial charge in [0.25, 0.3) is 0 Å². The van der Waals surface area contributed by atoms with Crippen LogP contribution in [-0.4, -0.2) is 58.3 Å². The number of rotatable bonds is 14. The molecule has 1 aromatic carbocycles. The lowest BCUT2D eigenvalue weighted by Crippen LogP contribution is -2.05. The summed E-state index contributed by atoms with van der Waals surface area (Å²) in [6.07, 6.45) is 6.59. The molecule has 0 aliphatic carbocycles. The Hall–Kier alpha value is -3.37. The molecule has 0 atom stereocenters. The largest absolute Gasteiger partial charge is 0.507 e. The molecule has 0 amide bonds. The second-order valence-electron chi connectivity index (χ2n) is 7.64. The van der Waals surface area contributed by atoms with Gasteiger partial charge in [-0.1, -0.05) is 18.6 Å². The van der Waals surface area contributed by atoms with Crippen molar-refractivity contribution >= 4 is 5.78 Å². The Kier molecular flexibility index (Phi) is 8.64. The number of aromatic nitrogens is 8. The predicted octanol–water partition coefficient (Wildman–Crippen LogP) is 2.47. The zero-order chi connectivity index (χ0) is 22.8. The lowest BCUT2D eigenvalue weighted by atomic mass is 10.0. The van der Waals surface area contributed by atoms with Crippen molar-refractivity contribution in [1.29, 1.82) is 0 Å². The molecule has 0 spiro atoms. The van der Waals surface area contributed by atoms with E-state index in [0.717, 1.165) is 44.3 Å². The van der Waals surface area contributed by atoms with Gasteiger partial charge in [0.1, 0.15) is 11.5 Å². The van der Waals surface area contributed by atoms with Gasteiger partial charge in [0.2, 0.25) is 0 Å². The Labute approximate surface area is 186 Å².